The largest absolute Gasteiger partial charge is 0.325 e. The van der Waals surface area contributed by atoms with E-state index in [1.54, 1.807) is 24.3 Å². The summed E-state index contributed by atoms with van der Waals surface area (Å²) < 4.78 is 27.6. The van der Waals surface area contributed by atoms with Crippen molar-refractivity contribution >= 4 is 50.5 Å². The van der Waals surface area contributed by atoms with Gasteiger partial charge in [-0.05, 0) is 67.4 Å². The molecule has 30 heavy (non-hydrogen) atoms. The summed E-state index contributed by atoms with van der Waals surface area (Å²) in [5.74, 6) is -0.497. The first-order valence-corrected chi connectivity index (χ1v) is 11.3. The highest BCUT2D eigenvalue weighted by Crippen LogP contribution is 2.32. The molecule has 1 N–H and O–H groups in total. The number of rotatable bonds is 6. The van der Waals surface area contributed by atoms with Gasteiger partial charge in [-0.3, -0.25) is 9.10 Å². The van der Waals surface area contributed by atoms with Gasteiger partial charge in [-0.1, -0.05) is 47.5 Å². The maximum Gasteiger partial charge on any atom is 0.264 e. The first-order valence-electron chi connectivity index (χ1n) is 9.08. The van der Waals surface area contributed by atoms with Gasteiger partial charge in [0.15, 0.2) is 0 Å². The molecule has 0 aromatic heterocycles. The van der Waals surface area contributed by atoms with Gasteiger partial charge in [-0.2, -0.15) is 0 Å². The van der Waals surface area contributed by atoms with Crippen LogP contribution in [-0.2, 0) is 14.8 Å². The Morgan fingerprint density at radius 2 is 1.63 bits per heavy atom. The van der Waals surface area contributed by atoms with E-state index in [0.29, 0.717) is 10.7 Å². The van der Waals surface area contributed by atoms with Crippen molar-refractivity contribution in [1.29, 1.82) is 0 Å². The van der Waals surface area contributed by atoms with Gasteiger partial charge in [0.05, 0.1) is 15.6 Å². The van der Waals surface area contributed by atoms with E-state index in [1.165, 1.54) is 30.3 Å². The third-order valence-corrected chi connectivity index (χ3v) is 6.90. The van der Waals surface area contributed by atoms with Crippen LogP contribution in [0.4, 0.5) is 11.4 Å². The van der Waals surface area contributed by atoms with Crippen molar-refractivity contribution in [3.63, 3.8) is 0 Å². The molecule has 0 saturated heterocycles. The molecule has 0 radical (unpaired) electrons. The van der Waals surface area contributed by atoms with E-state index in [0.717, 1.165) is 15.4 Å². The summed E-state index contributed by atoms with van der Waals surface area (Å²) >= 11 is 12.2. The number of anilines is 2. The smallest absolute Gasteiger partial charge is 0.264 e. The molecule has 0 unspecified atom stereocenters. The highest BCUT2D eigenvalue weighted by Gasteiger charge is 2.28. The number of halogens is 2. The van der Waals surface area contributed by atoms with E-state index >= 15 is 0 Å². The number of nitrogens with one attached hydrogen (secondary N) is 1. The quantitative estimate of drug-likeness (QED) is 0.529. The summed E-state index contributed by atoms with van der Waals surface area (Å²) in [6.07, 6.45) is 0. The van der Waals surface area contributed by atoms with Crippen molar-refractivity contribution in [2.75, 3.05) is 16.2 Å². The molecule has 0 aliphatic carbocycles. The van der Waals surface area contributed by atoms with Crippen molar-refractivity contribution < 1.29 is 13.2 Å². The van der Waals surface area contributed by atoms with Crippen LogP contribution in [0.2, 0.25) is 10.0 Å². The van der Waals surface area contributed by atoms with Crippen LogP contribution in [0.15, 0.2) is 71.6 Å². The lowest BCUT2D eigenvalue weighted by Gasteiger charge is -2.25. The van der Waals surface area contributed by atoms with Gasteiger partial charge in [-0.15, -0.1) is 0 Å². The summed E-state index contributed by atoms with van der Waals surface area (Å²) in [5, 5.41) is 3.24. The molecule has 0 aliphatic rings. The molecule has 1 amide bonds. The van der Waals surface area contributed by atoms with E-state index in [2.05, 4.69) is 5.32 Å². The summed E-state index contributed by atoms with van der Waals surface area (Å²) in [5.41, 5.74) is 2.86. The van der Waals surface area contributed by atoms with E-state index in [1.807, 2.05) is 26.0 Å². The summed E-state index contributed by atoms with van der Waals surface area (Å²) in [7, 11) is -4.05. The van der Waals surface area contributed by atoms with E-state index in [-0.39, 0.29) is 15.6 Å². The predicted molar refractivity (Wildman–Crippen MR) is 122 cm³/mol. The fourth-order valence-corrected chi connectivity index (χ4v) is 4.87. The van der Waals surface area contributed by atoms with Crippen LogP contribution in [0, 0.1) is 13.8 Å². The van der Waals surface area contributed by atoms with Crippen LogP contribution in [-0.4, -0.2) is 20.9 Å². The monoisotopic (exact) mass is 462 g/mol. The molecular formula is C22H20Cl2N2O3S. The Balaban J connectivity index is 1.97. The number of amides is 1. The van der Waals surface area contributed by atoms with Gasteiger partial charge in [0, 0.05) is 10.7 Å². The van der Waals surface area contributed by atoms with Crippen LogP contribution < -0.4 is 9.62 Å². The number of hydrogen-bond acceptors (Lipinski definition) is 3. The van der Waals surface area contributed by atoms with E-state index in [9.17, 15) is 13.2 Å². The third kappa shape index (κ3) is 4.95. The molecule has 3 aromatic rings. The highest BCUT2D eigenvalue weighted by molar-refractivity contribution is 7.92. The van der Waals surface area contributed by atoms with Crippen LogP contribution in [0.25, 0.3) is 0 Å². The Morgan fingerprint density at radius 3 is 2.27 bits per heavy atom. The van der Waals surface area contributed by atoms with Crippen LogP contribution in [0.1, 0.15) is 11.1 Å². The molecule has 0 atom stereocenters. The number of hydrogen-bond donors (Lipinski definition) is 1. The molecule has 0 bridgehead atoms. The fraction of sp³-hybridized carbons (Fsp3) is 0.136. The van der Waals surface area contributed by atoms with Crippen LogP contribution >= 0.6 is 23.2 Å². The second-order valence-corrected chi connectivity index (χ2v) is 9.47. The highest BCUT2D eigenvalue weighted by atomic mass is 35.5. The zero-order valence-electron chi connectivity index (χ0n) is 16.4. The van der Waals surface area contributed by atoms with Crippen molar-refractivity contribution in [2.24, 2.45) is 0 Å². The Hall–Kier alpha value is -2.54. The minimum absolute atomic E-state index is 0.0509. The van der Waals surface area contributed by atoms with Crippen LogP contribution in [0.3, 0.4) is 0 Å². The van der Waals surface area contributed by atoms with E-state index < -0.39 is 22.5 Å². The number of carbonyl (C=O) groups excluding carboxylic acids is 1. The minimum atomic E-state index is -4.05. The molecule has 8 heteroatoms. The summed E-state index contributed by atoms with van der Waals surface area (Å²) in [4.78, 5) is 12.8. The number of carbonyl (C=O) groups is 1. The molecule has 0 heterocycles. The molecule has 3 aromatic carbocycles. The topological polar surface area (TPSA) is 66.5 Å². The number of sulfonamides is 1. The fourth-order valence-electron chi connectivity index (χ4n) is 2.85. The second kappa shape index (κ2) is 9.08. The van der Waals surface area contributed by atoms with Gasteiger partial charge in [0.1, 0.15) is 6.54 Å². The zero-order chi connectivity index (χ0) is 21.9. The van der Waals surface area contributed by atoms with Crippen molar-refractivity contribution in [3.8, 4) is 0 Å². The summed E-state index contributed by atoms with van der Waals surface area (Å²) in [6.45, 7) is 3.45. The van der Waals surface area contributed by atoms with E-state index in [4.69, 9.17) is 23.2 Å². The molecule has 156 valence electrons. The molecule has 0 spiro atoms. The Kier molecular flexibility index (Phi) is 6.71. The Labute approximate surface area is 186 Å². The average molecular weight is 463 g/mol. The molecule has 0 fully saturated rings. The standard InChI is InChI=1S/C22H20Cl2N2O3S/c1-15-8-10-18(12-16(15)2)25-22(27)14-26(21-11-9-17(23)13-20(21)24)30(28,29)19-6-4-3-5-7-19/h3-13H,14H2,1-2H3,(H,25,27). The van der Waals surface area contributed by atoms with Crippen molar-refractivity contribution in [1.82, 2.24) is 0 Å². The summed E-state index contributed by atoms with van der Waals surface area (Å²) in [6, 6.07) is 17.8. The lowest BCUT2D eigenvalue weighted by molar-refractivity contribution is -0.114. The Morgan fingerprint density at radius 1 is 0.933 bits per heavy atom. The van der Waals surface area contributed by atoms with Crippen LogP contribution in [0.5, 0.6) is 0 Å². The zero-order valence-corrected chi connectivity index (χ0v) is 18.7. The minimum Gasteiger partial charge on any atom is -0.325 e. The maximum absolute atomic E-state index is 13.3. The van der Waals surface area contributed by atoms with Gasteiger partial charge >= 0.3 is 0 Å². The predicted octanol–water partition coefficient (Wildman–Crippen LogP) is 5.44. The van der Waals surface area contributed by atoms with Crippen molar-refractivity contribution in [3.05, 3.63) is 87.9 Å². The number of nitrogens with zero attached hydrogens (tertiary/aromatic N) is 1. The molecule has 0 aliphatic heterocycles. The second-order valence-electron chi connectivity index (χ2n) is 6.77. The SMILES string of the molecule is Cc1ccc(NC(=O)CN(c2ccc(Cl)cc2Cl)S(=O)(=O)c2ccccc2)cc1C. The first-order chi connectivity index (χ1) is 14.2. The number of benzene rings is 3. The molecule has 3 rings (SSSR count). The average Bonchev–Trinajstić information content (AvgIpc) is 2.70. The van der Waals surface area contributed by atoms with Gasteiger partial charge in [0.2, 0.25) is 5.91 Å². The third-order valence-electron chi connectivity index (χ3n) is 4.59. The van der Waals surface area contributed by atoms with Gasteiger partial charge in [0.25, 0.3) is 10.0 Å². The molecule has 0 saturated carbocycles. The van der Waals surface area contributed by atoms with Gasteiger partial charge in [-0.25, -0.2) is 8.42 Å². The van der Waals surface area contributed by atoms with Gasteiger partial charge < -0.3 is 5.32 Å². The maximum atomic E-state index is 13.3. The number of aryl methyl sites for hydroxylation is 2. The Bertz CT molecular complexity index is 1180. The lowest BCUT2D eigenvalue weighted by atomic mass is 10.1. The van der Waals surface area contributed by atoms with Crippen molar-refractivity contribution in [2.45, 2.75) is 18.7 Å². The normalized spacial score (nSPS) is 11.2. The first kappa shape index (κ1) is 22.2. The lowest BCUT2D eigenvalue weighted by Crippen LogP contribution is -2.38. The molecule has 5 nitrogen and oxygen atoms in total. The molecular weight excluding hydrogens is 443 g/mol.